The van der Waals surface area contributed by atoms with Crippen molar-refractivity contribution < 1.29 is 130 Å². The Balaban J connectivity index is 0. The Labute approximate surface area is 420 Å². The smallest absolute Gasteiger partial charge is 0.306 e. The molecule has 0 radical (unpaired) electrons. The summed E-state index contributed by atoms with van der Waals surface area (Å²) < 4.78 is 10.4. The predicted octanol–water partition coefficient (Wildman–Crippen LogP) is -9.93. The van der Waals surface area contributed by atoms with E-state index in [1.54, 1.807) is 0 Å². The topological polar surface area (TPSA) is 441 Å². The highest BCUT2D eigenvalue weighted by atomic mass is 35.5. The van der Waals surface area contributed by atoms with E-state index in [1.165, 1.54) is 27.7 Å². The first-order valence-electron chi connectivity index (χ1n) is 23.5. The number of halogens is 2. The van der Waals surface area contributed by atoms with Crippen LogP contribution in [0.3, 0.4) is 0 Å². The van der Waals surface area contributed by atoms with Gasteiger partial charge in [-0.2, -0.15) is 0 Å². The molecule has 0 spiro atoms. The average Bonchev–Trinajstić information content (AvgIpc) is 3.29. The Kier molecular flexibility index (Phi) is 33.5. The van der Waals surface area contributed by atoms with Crippen molar-refractivity contribution in [3.05, 3.63) is 0 Å². The number of nitrogens with two attached hydrogens (primary N) is 1. The lowest BCUT2D eigenvalue weighted by atomic mass is 9.89. The van der Waals surface area contributed by atoms with E-state index in [0.717, 1.165) is 25.7 Å². The summed E-state index contributed by atoms with van der Waals surface area (Å²) in [5.41, 5.74) is 9.70. The van der Waals surface area contributed by atoms with Crippen LogP contribution in [0.1, 0.15) is 130 Å². The molecule has 0 aliphatic carbocycles. The summed E-state index contributed by atoms with van der Waals surface area (Å²) in [5.74, 6) is -9.49. The maximum absolute atomic E-state index is 12.2. The van der Waals surface area contributed by atoms with Crippen LogP contribution >= 0.6 is 0 Å². The van der Waals surface area contributed by atoms with Gasteiger partial charge in [-0.3, -0.25) is 28.8 Å². The van der Waals surface area contributed by atoms with Crippen molar-refractivity contribution in [3.63, 3.8) is 0 Å². The molecular weight excluding hydrogens is 975 g/mol. The maximum Gasteiger partial charge on any atom is 0.306 e. The van der Waals surface area contributed by atoms with E-state index < -0.39 is 127 Å². The second-order valence-electron chi connectivity index (χ2n) is 18.4. The number of carbonyl (C=O) groups is 6. The molecule has 2 amide bonds. The number of aliphatic carboxylic acids is 2. The van der Waals surface area contributed by atoms with Gasteiger partial charge < -0.3 is 118 Å². The molecule has 26 heteroatoms. The molecule has 0 saturated carbocycles. The molecule has 2 unspecified atom stereocenters. The number of ketones is 2. The molecule has 412 valence electrons. The third-order valence-corrected chi connectivity index (χ3v) is 12.5. The number of unbranched alkanes of at least 4 members (excludes halogenated alkanes) is 8. The van der Waals surface area contributed by atoms with Crippen LogP contribution in [0.25, 0.3) is 0 Å². The van der Waals surface area contributed by atoms with Crippen LogP contribution in [-0.4, -0.2) is 194 Å². The number of carboxylic acids is 2. The molecule has 2 heterocycles. The molecule has 2 aliphatic rings. The van der Waals surface area contributed by atoms with Crippen LogP contribution in [0.5, 0.6) is 0 Å². The summed E-state index contributed by atoms with van der Waals surface area (Å²) in [6.07, 6.45) is -4.80. The highest BCUT2D eigenvalue weighted by molar-refractivity contribution is 5.92. The van der Waals surface area contributed by atoms with Gasteiger partial charge in [-0.15, -0.1) is 0 Å². The molecule has 2 aliphatic heterocycles. The van der Waals surface area contributed by atoms with Gasteiger partial charge >= 0.3 is 11.9 Å². The Bertz CT molecular complexity index is 1480. The zero-order valence-electron chi connectivity index (χ0n) is 40.5. The quantitative estimate of drug-likeness (QED) is 0.0297. The van der Waals surface area contributed by atoms with E-state index in [9.17, 15) is 79.8 Å². The summed E-state index contributed by atoms with van der Waals surface area (Å²) in [5, 5.41) is 122. The lowest BCUT2D eigenvalue weighted by Gasteiger charge is -2.45. The Morgan fingerprint density at radius 1 is 0.557 bits per heavy atom. The molecule has 16 atom stereocenters. The minimum atomic E-state index is -2.07. The number of ether oxygens (including phenoxy) is 2. The largest absolute Gasteiger partial charge is 1.00 e. The summed E-state index contributed by atoms with van der Waals surface area (Å²) in [6.45, 7) is 4.64. The molecule has 19 N–H and O–H groups in total. The molecule has 24 nitrogen and oxygen atoms in total. The molecule has 2 fully saturated rings. The number of aliphatic hydroxyl groups is 10. The fraction of sp³-hybridized carbons (Fsp3) is 0.864. The van der Waals surface area contributed by atoms with Crippen molar-refractivity contribution in [1.29, 1.82) is 0 Å². The number of aliphatic hydroxyl groups excluding tert-OH is 8. The van der Waals surface area contributed by atoms with Crippen molar-refractivity contribution >= 4 is 35.3 Å². The van der Waals surface area contributed by atoms with Gasteiger partial charge in [-0.1, -0.05) is 58.8 Å². The first kappa shape index (κ1) is 69.3. The van der Waals surface area contributed by atoms with Crippen LogP contribution in [0.2, 0.25) is 0 Å². The number of rotatable bonds is 30. The number of nitrogens with one attached hydrogen (secondary N) is 2. The number of carboxylic acid groups (broad SMARTS) is 2. The summed E-state index contributed by atoms with van der Waals surface area (Å²) in [6, 6.07) is -2.97. The van der Waals surface area contributed by atoms with Crippen LogP contribution in [-0.2, 0) is 38.2 Å². The Morgan fingerprint density at radius 2 is 0.886 bits per heavy atom. The molecule has 0 aromatic carbocycles. The molecular formula is C44H81Cl2N4O20-. The molecule has 2 rings (SSSR count). The second-order valence-corrected chi connectivity index (χ2v) is 18.4. The van der Waals surface area contributed by atoms with Gasteiger partial charge in [0.1, 0.15) is 48.8 Å². The van der Waals surface area contributed by atoms with E-state index in [4.69, 9.17) is 25.4 Å². The van der Waals surface area contributed by atoms with Crippen LogP contribution in [0.4, 0.5) is 0 Å². The predicted molar refractivity (Wildman–Crippen MR) is 237 cm³/mol. The fourth-order valence-electron chi connectivity index (χ4n) is 7.63. The van der Waals surface area contributed by atoms with Crippen molar-refractivity contribution in [2.45, 2.75) is 215 Å². The van der Waals surface area contributed by atoms with Gasteiger partial charge in [0.2, 0.25) is 5.91 Å². The van der Waals surface area contributed by atoms with Gasteiger partial charge in [0.15, 0.2) is 29.2 Å². The molecule has 2 saturated heterocycles. The first-order valence-corrected chi connectivity index (χ1v) is 23.5. The minimum absolute atomic E-state index is 0. The molecule has 70 heavy (non-hydrogen) atoms. The van der Waals surface area contributed by atoms with Crippen molar-refractivity contribution in [1.82, 2.24) is 10.6 Å². The van der Waals surface area contributed by atoms with Gasteiger partial charge in [-0.25, -0.2) is 0 Å². The summed E-state index contributed by atoms with van der Waals surface area (Å²) in [7, 11) is 0. The number of hydrogen-bond donors (Lipinski definition) is 16. The Morgan fingerprint density at radius 3 is 1.24 bits per heavy atom. The zero-order chi connectivity index (χ0) is 52.1. The molecule has 0 bridgehead atoms. The van der Waals surface area contributed by atoms with E-state index in [1.807, 2.05) is 0 Å². The van der Waals surface area contributed by atoms with Crippen LogP contribution in [0.15, 0.2) is 0 Å². The van der Waals surface area contributed by atoms with Gasteiger partial charge in [0.05, 0.1) is 43.2 Å². The highest BCUT2D eigenvalue weighted by Crippen LogP contribution is 2.33. The number of quaternary nitrogens is 1. The van der Waals surface area contributed by atoms with Gasteiger partial charge in [0.25, 0.3) is 5.91 Å². The van der Waals surface area contributed by atoms with E-state index in [0.29, 0.717) is 51.4 Å². The lowest BCUT2D eigenvalue weighted by Crippen LogP contribution is -3.00. The van der Waals surface area contributed by atoms with E-state index >= 15 is 0 Å². The lowest BCUT2D eigenvalue weighted by molar-refractivity contribution is -0.405. The van der Waals surface area contributed by atoms with E-state index in [2.05, 4.69) is 16.4 Å². The SMILES string of the molecule is C[C@H](CC(=O)[C@H](C)NC(=O)[C@@H](N)CCCCCCCC1(O)O[C@H](CO)[C@H](O)[C@H](O)[C@H]1O)C(=O)O.C[C@H](CC(=O)[C@H](C)NC(=O)[C@@H]([NH3+])CCCCCCCC1(O)O[C@H](CO)[C@H](O)[C@H](O)[C@H]1O)C(=O)O.[Cl-].[Cl-]. The monoisotopic (exact) mass is 1060 g/mol. The first-order chi connectivity index (χ1) is 31.7. The summed E-state index contributed by atoms with van der Waals surface area (Å²) in [4.78, 5) is 70.1. The van der Waals surface area contributed by atoms with Crippen molar-refractivity contribution in [2.75, 3.05) is 13.2 Å². The normalized spacial score (nSPS) is 28.9. The third kappa shape index (κ3) is 22.6. The fourth-order valence-corrected chi connectivity index (χ4v) is 7.63. The maximum atomic E-state index is 12.2. The zero-order valence-corrected chi connectivity index (χ0v) is 42.0. The molecule has 0 aromatic rings. The van der Waals surface area contributed by atoms with Crippen molar-refractivity contribution in [3.8, 4) is 0 Å². The standard InChI is InChI=1S/2C22H40N2O10.2ClH/c2*1-12(21(31)32)10-15(26)13(2)24-20(30)14(23)8-6-4-3-5-7-9-22(33)19(29)18(28)17(27)16(11-25)34-22;;/h2*12-14,16-19,25,27-29,33H,3-11,23H2,1-2H3,(H,24,30)(H,31,32);2*1H/p-1/t2*12-,13+,14+,16-,17+,18+,19-,22?;;/m11../s1. The summed E-state index contributed by atoms with van der Waals surface area (Å²) >= 11 is 0. The number of hydrogen-bond acceptors (Lipinski definition) is 19. The average molecular weight is 1060 g/mol. The third-order valence-electron chi connectivity index (χ3n) is 12.5. The highest BCUT2D eigenvalue weighted by Gasteiger charge is 2.53. The number of Topliss-reactive ketones (excluding diaryl/α,β-unsaturated/α-hetero) is 2. The van der Waals surface area contributed by atoms with Crippen LogP contribution < -0.4 is 46.9 Å². The van der Waals surface area contributed by atoms with Gasteiger partial charge in [-0.05, 0) is 39.5 Å². The number of amides is 2. The second kappa shape index (κ2) is 33.9. The van der Waals surface area contributed by atoms with Gasteiger partial charge in [0, 0.05) is 32.1 Å². The minimum Gasteiger partial charge on any atom is -1.00 e. The van der Waals surface area contributed by atoms with E-state index in [-0.39, 0.29) is 68.0 Å². The van der Waals surface area contributed by atoms with Crippen molar-refractivity contribution in [2.24, 2.45) is 17.6 Å². The molecule has 0 aromatic heterocycles. The van der Waals surface area contributed by atoms with Crippen LogP contribution in [0, 0.1) is 11.8 Å². The number of carbonyl (C=O) groups excluding carboxylic acids is 4. The Hall–Kier alpha value is -2.76.